The van der Waals surface area contributed by atoms with Gasteiger partial charge in [-0.15, -0.1) is 0 Å². The number of hydrogen-bond acceptors (Lipinski definition) is 4. The van der Waals surface area contributed by atoms with Crippen molar-refractivity contribution >= 4 is 17.9 Å². The van der Waals surface area contributed by atoms with Crippen LogP contribution in [0.1, 0.15) is 41.5 Å². The molecule has 1 heterocycles. The fraction of sp³-hybridized carbons (Fsp3) is 0.923. The molecule has 0 aromatic carbocycles. The monoisotopic (exact) mass is 275 g/mol. The van der Waals surface area contributed by atoms with E-state index in [1.54, 1.807) is 4.90 Å². The average molecular weight is 275 g/mol. The van der Waals surface area contributed by atoms with Gasteiger partial charge in [0.25, 0.3) is 0 Å². The van der Waals surface area contributed by atoms with Gasteiger partial charge in [0, 0.05) is 5.75 Å². The molecule has 1 aliphatic rings. The zero-order chi connectivity index (χ0) is 14.0. The maximum Gasteiger partial charge on any atom is 0.412 e. The molecule has 5 heteroatoms. The van der Waals surface area contributed by atoms with E-state index in [4.69, 9.17) is 9.47 Å². The Morgan fingerprint density at radius 3 is 2.61 bits per heavy atom. The van der Waals surface area contributed by atoms with E-state index in [-0.39, 0.29) is 12.1 Å². The van der Waals surface area contributed by atoms with Gasteiger partial charge in [0.1, 0.15) is 11.3 Å². The van der Waals surface area contributed by atoms with Crippen LogP contribution < -0.4 is 0 Å². The second kappa shape index (κ2) is 5.70. The van der Waals surface area contributed by atoms with E-state index in [0.717, 1.165) is 11.5 Å². The highest BCUT2D eigenvalue weighted by Gasteiger charge is 2.45. The number of thioether (sulfide) groups is 1. The van der Waals surface area contributed by atoms with Gasteiger partial charge in [0.15, 0.2) is 0 Å². The molecule has 4 nitrogen and oxygen atoms in total. The van der Waals surface area contributed by atoms with E-state index in [2.05, 4.69) is 6.92 Å². The van der Waals surface area contributed by atoms with Crippen molar-refractivity contribution in [2.45, 2.75) is 58.9 Å². The summed E-state index contributed by atoms with van der Waals surface area (Å²) in [6.45, 7) is 12.2. The second-order valence-electron chi connectivity index (χ2n) is 5.92. The summed E-state index contributed by atoms with van der Waals surface area (Å²) in [4.78, 5) is 14.0. The number of nitrogens with zero attached hydrogens (tertiary/aromatic N) is 1. The summed E-state index contributed by atoms with van der Waals surface area (Å²) >= 11 is 1.82. The molecule has 0 bridgehead atoms. The molecule has 1 fully saturated rings. The molecular formula is C13H25NO3S. The van der Waals surface area contributed by atoms with Crippen molar-refractivity contribution in [2.75, 3.05) is 18.1 Å². The number of amides is 1. The Morgan fingerprint density at radius 2 is 2.11 bits per heavy atom. The predicted molar refractivity (Wildman–Crippen MR) is 74.9 cm³/mol. The molecule has 0 aromatic rings. The number of rotatable bonds is 3. The zero-order valence-electron chi connectivity index (χ0n) is 12.3. The largest absolute Gasteiger partial charge is 0.444 e. The molecule has 1 aliphatic heterocycles. The predicted octanol–water partition coefficient (Wildman–Crippen LogP) is 3.11. The number of carbonyl (C=O) groups excluding carboxylic acids is 1. The minimum absolute atomic E-state index is 0.0970. The Labute approximate surface area is 114 Å². The first-order valence-corrected chi connectivity index (χ1v) is 7.57. The summed E-state index contributed by atoms with van der Waals surface area (Å²) in [5.74, 6) is 1.93. The molecule has 0 radical (unpaired) electrons. The lowest BCUT2D eigenvalue weighted by molar-refractivity contribution is -0.0617. The molecule has 0 aromatic heterocycles. The Bertz CT molecular complexity index is 299. The van der Waals surface area contributed by atoms with Gasteiger partial charge in [0.2, 0.25) is 0 Å². The third kappa shape index (κ3) is 4.05. The highest BCUT2D eigenvalue weighted by atomic mass is 32.2. The van der Waals surface area contributed by atoms with Gasteiger partial charge in [-0.3, -0.25) is 4.90 Å². The lowest BCUT2D eigenvalue weighted by Crippen LogP contribution is -2.50. The van der Waals surface area contributed by atoms with Crippen molar-refractivity contribution in [1.29, 1.82) is 0 Å². The van der Waals surface area contributed by atoms with E-state index in [0.29, 0.717) is 6.61 Å². The topological polar surface area (TPSA) is 38.8 Å². The van der Waals surface area contributed by atoms with Gasteiger partial charge in [0.05, 0.1) is 12.6 Å². The van der Waals surface area contributed by atoms with Gasteiger partial charge >= 0.3 is 6.09 Å². The molecule has 18 heavy (non-hydrogen) atoms. The third-order valence-corrected chi connectivity index (χ3v) is 3.71. The normalized spacial score (nSPS) is 23.2. The summed E-state index contributed by atoms with van der Waals surface area (Å²) in [7, 11) is 0. The van der Waals surface area contributed by atoms with Crippen molar-refractivity contribution in [3.63, 3.8) is 0 Å². The van der Waals surface area contributed by atoms with Crippen LogP contribution in [0.15, 0.2) is 0 Å². The minimum atomic E-state index is -0.582. The first kappa shape index (κ1) is 15.6. The van der Waals surface area contributed by atoms with E-state index in [1.165, 1.54) is 0 Å². The Kier molecular flexibility index (Phi) is 4.95. The number of hydrogen-bond donors (Lipinski definition) is 0. The van der Waals surface area contributed by atoms with Crippen LogP contribution in [0.2, 0.25) is 0 Å². The lowest BCUT2D eigenvalue weighted by Gasteiger charge is -2.35. The highest BCUT2D eigenvalue weighted by molar-refractivity contribution is 7.99. The van der Waals surface area contributed by atoms with E-state index < -0.39 is 11.3 Å². The molecule has 1 rings (SSSR count). The molecule has 1 saturated heterocycles. The van der Waals surface area contributed by atoms with Crippen LogP contribution in [-0.2, 0) is 9.47 Å². The first-order valence-electron chi connectivity index (χ1n) is 6.41. The van der Waals surface area contributed by atoms with Crippen LogP contribution >= 0.6 is 11.8 Å². The van der Waals surface area contributed by atoms with Gasteiger partial charge < -0.3 is 9.47 Å². The molecule has 0 aliphatic carbocycles. The zero-order valence-corrected chi connectivity index (χ0v) is 13.1. The SMILES string of the molecule is CCSC[C@@H]1COC(C)(C)N1C(=O)OC(C)(C)C. The Morgan fingerprint density at radius 1 is 1.50 bits per heavy atom. The second-order valence-corrected chi connectivity index (χ2v) is 7.24. The van der Waals surface area contributed by atoms with Crippen LogP contribution in [0.3, 0.4) is 0 Å². The maximum absolute atomic E-state index is 12.3. The van der Waals surface area contributed by atoms with Gasteiger partial charge in [-0.1, -0.05) is 6.92 Å². The van der Waals surface area contributed by atoms with Crippen molar-refractivity contribution in [2.24, 2.45) is 0 Å². The fourth-order valence-electron chi connectivity index (χ4n) is 1.94. The molecule has 0 unspecified atom stereocenters. The quantitative estimate of drug-likeness (QED) is 0.793. The third-order valence-electron chi connectivity index (χ3n) is 2.68. The summed E-state index contributed by atoms with van der Waals surface area (Å²) in [5, 5.41) is 0. The van der Waals surface area contributed by atoms with Crippen molar-refractivity contribution in [1.82, 2.24) is 4.90 Å². The van der Waals surface area contributed by atoms with Crippen LogP contribution in [0.4, 0.5) is 4.79 Å². The van der Waals surface area contributed by atoms with E-state index >= 15 is 0 Å². The van der Waals surface area contributed by atoms with Gasteiger partial charge in [-0.2, -0.15) is 11.8 Å². The summed E-state index contributed by atoms with van der Waals surface area (Å²) < 4.78 is 11.2. The van der Waals surface area contributed by atoms with E-state index in [1.807, 2.05) is 46.4 Å². The molecule has 0 saturated carbocycles. The molecule has 0 N–H and O–H groups in total. The summed E-state index contributed by atoms with van der Waals surface area (Å²) in [5.41, 5.74) is -1.06. The molecule has 1 amide bonds. The van der Waals surface area contributed by atoms with Gasteiger partial charge in [-0.25, -0.2) is 4.79 Å². The first-order chi connectivity index (χ1) is 8.17. The minimum Gasteiger partial charge on any atom is -0.444 e. The molecule has 1 atom stereocenters. The van der Waals surface area contributed by atoms with Crippen LogP contribution in [0.25, 0.3) is 0 Å². The summed E-state index contributed by atoms with van der Waals surface area (Å²) in [6.07, 6.45) is -0.285. The van der Waals surface area contributed by atoms with Crippen LogP contribution in [-0.4, -0.2) is 46.5 Å². The molecule has 106 valence electrons. The Hall–Kier alpha value is -0.420. The fourth-order valence-corrected chi connectivity index (χ4v) is 2.69. The summed E-state index contributed by atoms with van der Waals surface area (Å²) in [6, 6.07) is 0.0970. The maximum atomic E-state index is 12.3. The highest BCUT2D eigenvalue weighted by Crippen LogP contribution is 2.30. The van der Waals surface area contributed by atoms with Crippen LogP contribution in [0, 0.1) is 0 Å². The molecular weight excluding hydrogens is 250 g/mol. The number of carbonyl (C=O) groups is 1. The average Bonchev–Trinajstić information content (AvgIpc) is 2.48. The molecule has 0 spiro atoms. The standard InChI is InChI=1S/C13H25NO3S/c1-7-18-9-10-8-16-13(5,6)14(10)11(15)17-12(2,3)4/h10H,7-9H2,1-6H3/t10-/m0/s1. The van der Waals surface area contributed by atoms with E-state index in [9.17, 15) is 4.79 Å². The lowest BCUT2D eigenvalue weighted by atomic mass is 10.2. The van der Waals surface area contributed by atoms with Crippen molar-refractivity contribution in [3.8, 4) is 0 Å². The smallest absolute Gasteiger partial charge is 0.412 e. The van der Waals surface area contributed by atoms with Crippen molar-refractivity contribution < 1.29 is 14.3 Å². The number of ether oxygens (including phenoxy) is 2. The van der Waals surface area contributed by atoms with Crippen LogP contribution in [0.5, 0.6) is 0 Å². The Balaban J connectivity index is 2.75. The van der Waals surface area contributed by atoms with Crippen molar-refractivity contribution in [3.05, 3.63) is 0 Å². The van der Waals surface area contributed by atoms with Gasteiger partial charge in [-0.05, 0) is 40.4 Å².